The van der Waals surface area contributed by atoms with Crippen LogP contribution in [0.4, 0.5) is 0 Å². The Kier molecular flexibility index (Phi) is 4.89. The summed E-state index contributed by atoms with van der Waals surface area (Å²) in [6.45, 7) is 0. The zero-order valence-electron chi connectivity index (χ0n) is 9.30. The number of nitriles is 1. The number of rotatable bonds is 6. The van der Waals surface area contributed by atoms with Crippen molar-refractivity contribution in [2.75, 3.05) is 0 Å². The first-order valence-electron chi connectivity index (χ1n) is 5.33. The van der Waals surface area contributed by atoms with Crippen LogP contribution in [0.1, 0.15) is 18.4 Å². The number of Topliss-reactive ketones (excluding diaryl/α,β-unsaturated/α-hetero) is 1. The van der Waals surface area contributed by atoms with Gasteiger partial charge in [0, 0.05) is 6.42 Å². The molecule has 4 heteroatoms. The van der Waals surface area contributed by atoms with Gasteiger partial charge in [0.05, 0.1) is 5.92 Å². The Balaban J connectivity index is 2.59. The molecule has 88 valence electrons. The van der Waals surface area contributed by atoms with Crippen LogP contribution in [0.15, 0.2) is 30.3 Å². The van der Waals surface area contributed by atoms with E-state index >= 15 is 0 Å². The molecule has 17 heavy (non-hydrogen) atoms. The molecule has 1 N–H and O–H groups in total. The molecule has 0 aromatic heterocycles. The van der Waals surface area contributed by atoms with Gasteiger partial charge in [0.25, 0.3) is 0 Å². The molecule has 4 nitrogen and oxygen atoms in total. The van der Waals surface area contributed by atoms with Crippen LogP contribution < -0.4 is 0 Å². The van der Waals surface area contributed by atoms with E-state index in [-0.39, 0.29) is 12.8 Å². The van der Waals surface area contributed by atoms with E-state index in [0.717, 1.165) is 5.56 Å². The molecule has 0 amide bonds. The fraction of sp³-hybridized carbons (Fsp3) is 0.308. The highest BCUT2D eigenvalue weighted by molar-refractivity contribution is 5.93. The second-order valence-corrected chi connectivity index (χ2v) is 3.80. The van der Waals surface area contributed by atoms with E-state index in [1.54, 1.807) is 0 Å². The highest BCUT2D eigenvalue weighted by atomic mass is 16.4. The van der Waals surface area contributed by atoms with Crippen molar-refractivity contribution in [2.45, 2.75) is 19.3 Å². The van der Waals surface area contributed by atoms with Crippen molar-refractivity contribution in [2.24, 2.45) is 5.92 Å². The van der Waals surface area contributed by atoms with Crippen LogP contribution in [0.3, 0.4) is 0 Å². The van der Waals surface area contributed by atoms with Gasteiger partial charge in [-0.3, -0.25) is 9.59 Å². The second kappa shape index (κ2) is 6.44. The Bertz CT molecular complexity index is 434. The van der Waals surface area contributed by atoms with Gasteiger partial charge >= 0.3 is 5.97 Å². The number of carbonyl (C=O) groups is 2. The number of carbonyl (C=O) groups excluding carboxylic acids is 1. The lowest BCUT2D eigenvalue weighted by atomic mass is 9.94. The number of benzene rings is 1. The average molecular weight is 231 g/mol. The lowest BCUT2D eigenvalue weighted by molar-refractivity contribution is -0.142. The topological polar surface area (TPSA) is 78.2 Å². The highest BCUT2D eigenvalue weighted by Crippen LogP contribution is 2.14. The van der Waals surface area contributed by atoms with Gasteiger partial charge in [0.1, 0.15) is 6.07 Å². The SMILES string of the molecule is N#CC(=O)CCC(Cc1ccccc1)C(=O)O. The minimum Gasteiger partial charge on any atom is -0.481 e. The summed E-state index contributed by atoms with van der Waals surface area (Å²) in [5.41, 5.74) is 0.921. The maximum absolute atomic E-state index is 11.0. The Morgan fingerprint density at radius 2 is 1.94 bits per heavy atom. The quantitative estimate of drug-likeness (QED) is 0.757. The molecule has 0 aliphatic carbocycles. The summed E-state index contributed by atoms with van der Waals surface area (Å²) in [5, 5.41) is 17.4. The molecule has 1 atom stereocenters. The maximum atomic E-state index is 11.0. The van der Waals surface area contributed by atoms with Crippen LogP contribution in [-0.2, 0) is 16.0 Å². The van der Waals surface area contributed by atoms with E-state index in [2.05, 4.69) is 0 Å². The summed E-state index contributed by atoms with van der Waals surface area (Å²) in [5.74, 6) is -2.11. The Hall–Kier alpha value is -2.15. The third kappa shape index (κ3) is 4.47. The second-order valence-electron chi connectivity index (χ2n) is 3.80. The molecule has 0 aliphatic rings. The van der Waals surface area contributed by atoms with Crippen molar-refractivity contribution in [1.82, 2.24) is 0 Å². The zero-order chi connectivity index (χ0) is 12.7. The van der Waals surface area contributed by atoms with Gasteiger partial charge in [0.15, 0.2) is 0 Å². The van der Waals surface area contributed by atoms with E-state index in [0.29, 0.717) is 6.42 Å². The molecular weight excluding hydrogens is 218 g/mol. The van der Waals surface area contributed by atoms with Crippen molar-refractivity contribution < 1.29 is 14.7 Å². The average Bonchev–Trinajstić information content (AvgIpc) is 2.34. The summed E-state index contributed by atoms with van der Waals surface area (Å²) >= 11 is 0. The number of aliphatic carboxylic acids is 1. The van der Waals surface area contributed by atoms with Crippen molar-refractivity contribution in [3.63, 3.8) is 0 Å². The largest absolute Gasteiger partial charge is 0.481 e. The number of nitrogens with zero attached hydrogens (tertiary/aromatic N) is 1. The van der Waals surface area contributed by atoms with Crippen LogP contribution >= 0.6 is 0 Å². The predicted molar refractivity (Wildman–Crippen MR) is 61.1 cm³/mol. The lowest BCUT2D eigenvalue weighted by Crippen LogP contribution is -2.17. The van der Waals surface area contributed by atoms with E-state index in [1.165, 1.54) is 6.07 Å². The molecule has 0 fully saturated rings. The third-order valence-corrected chi connectivity index (χ3v) is 2.52. The Labute approximate surface area is 99.5 Å². The first-order chi connectivity index (χ1) is 8.13. The van der Waals surface area contributed by atoms with Crippen LogP contribution in [0.25, 0.3) is 0 Å². The van der Waals surface area contributed by atoms with Crippen LogP contribution in [-0.4, -0.2) is 16.9 Å². The Morgan fingerprint density at radius 3 is 2.47 bits per heavy atom. The number of ketones is 1. The van der Waals surface area contributed by atoms with E-state index in [1.807, 2.05) is 30.3 Å². The highest BCUT2D eigenvalue weighted by Gasteiger charge is 2.19. The van der Waals surface area contributed by atoms with E-state index in [9.17, 15) is 9.59 Å². The van der Waals surface area contributed by atoms with Crippen molar-refractivity contribution in [3.8, 4) is 6.07 Å². The van der Waals surface area contributed by atoms with Gasteiger partial charge in [0.2, 0.25) is 5.78 Å². The maximum Gasteiger partial charge on any atom is 0.306 e. The third-order valence-electron chi connectivity index (χ3n) is 2.52. The predicted octanol–water partition coefficient (Wildman–Crippen LogP) is 1.80. The van der Waals surface area contributed by atoms with Crippen molar-refractivity contribution in [1.29, 1.82) is 5.26 Å². The van der Waals surface area contributed by atoms with Crippen LogP contribution in [0, 0.1) is 17.2 Å². The molecule has 0 saturated heterocycles. The molecule has 0 saturated carbocycles. The molecule has 0 aliphatic heterocycles. The Morgan fingerprint density at radius 1 is 1.29 bits per heavy atom. The molecule has 0 heterocycles. The number of carboxylic acid groups (broad SMARTS) is 1. The molecule has 1 aromatic rings. The van der Waals surface area contributed by atoms with E-state index < -0.39 is 17.7 Å². The minimum absolute atomic E-state index is 0.000298. The summed E-state index contributed by atoms with van der Waals surface area (Å²) in [6.07, 6.45) is 0.589. The van der Waals surface area contributed by atoms with Crippen LogP contribution in [0.2, 0.25) is 0 Å². The van der Waals surface area contributed by atoms with Gasteiger partial charge in [-0.05, 0) is 18.4 Å². The van der Waals surface area contributed by atoms with Gasteiger partial charge < -0.3 is 5.11 Å². The molecular formula is C13H13NO3. The summed E-state index contributed by atoms with van der Waals surface area (Å²) in [4.78, 5) is 21.8. The van der Waals surface area contributed by atoms with Gasteiger partial charge in [-0.15, -0.1) is 0 Å². The van der Waals surface area contributed by atoms with Gasteiger partial charge in [-0.1, -0.05) is 30.3 Å². The zero-order valence-corrected chi connectivity index (χ0v) is 9.30. The molecule has 1 unspecified atom stereocenters. The molecule has 1 aromatic carbocycles. The normalized spacial score (nSPS) is 11.5. The fourth-order valence-corrected chi connectivity index (χ4v) is 1.57. The lowest BCUT2D eigenvalue weighted by Gasteiger charge is -2.10. The number of hydrogen-bond donors (Lipinski definition) is 1. The molecule has 0 spiro atoms. The van der Waals surface area contributed by atoms with Crippen molar-refractivity contribution in [3.05, 3.63) is 35.9 Å². The summed E-state index contributed by atoms with van der Waals surface area (Å²) < 4.78 is 0. The standard InChI is InChI=1S/C13H13NO3/c14-9-12(15)7-6-11(13(16)17)8-10-4-2-1-3-5-10/h1-5,11H,6-8H2,(H,16,17). The summed E-state index contributed by atoms with van der Waals surface area (Å²) in [6, 6.07) is 10.7. The fourth-order valence-electron chi connectivity index (χ4n) is 1.57. The minimum atomic E-state index is -0.931. The van der Waals surface area contributed by atoms with Crippen LogP contribution in [0.5, 0.6) is 0 Å². The van der Waals surface area contributed by atoms with Gasteiger partial charge in [-0.25, -0.2) is 0 Å². The monoisotopic (exact) mass is 231 g/mol. The van der Waals surface area contributed by atoms with Gasteiger partial charge in [-0.2, -0.15) is 5.26 Å². The summed E-state index contributed by atoms with van der Waals surface area (Å²) in [7, 11) is 0. The van der Waals surface area contributed by atoms with Crippen molar-refractivity contribution >= 4 is 11.8 Å². The molecule has 1 rings (SSSR count). The molecule has 0 radical (unpaired) electrons. The van der Waals surface area contributed by atoms with E-state index in [4.69, 9.17) is 10.4 Å². The number of hydrogen-bond acceptors (Lipinski definition) is 3. The number of carboxylic acids is 1. The first-order valence-corrected chi connectivity index (χ1v) is 5.33. The molecule has 0 bridgehead atoms. The smallest absolute Gasteiger partial charge is 0.306 e. The first kappa shape index (κ1) is 12.9.